The van der Waals surface area contributed by atoms with Crippen molar-refractivity contribution in [2.75, 3.05) is 0 Å². The number of fused-ring (bicyclic) bond motifs is 2. The van der Waals surface area contributed by atoms with E-state index < -0.39 is 41.5 Å². The summed E-state index contributed by atoms with van der Waals surface area (Å²) in [5.41, 5.74) is -1.05. The molecule has 192 valence electrons. The molecule has 6 nitrogen and oxygen atoms in total. The molecule has 0 aliphatic rings. The normalized spacial score (nSPS) is 13.8. The molecule has 4 rings (SSSR count). The summed E-state index contributed by atoms with van der Waals surface area (Å²) in [4.78, 5) is 25.9. The topological polar surface area (TPSA) is 98.7 Å². The second-order valence-corrected chi connectivity index (χ2v) is 10.7. The van der Waals surface area contributed by atoms with E-state index in [2.05, 4.69) is 10.6 Å². The number of nitrogens with one attached hydrogen (secondary N) is 2. The van der Waals surface area contributed by atoms with Gasteiger partial charge in [0.2, 0.25) is 11.8 Å². The van der Waals surface area contributed by atoms with Crippen LogP contribution in [-0.4, -0.2) is 33.2 Å². The number of carbonyl (C=O) groups is 2. The molecule has 0 aliphatic carbocycles. The van der Waals surface area contributed by atoms with Crippen LogP contribution in [0.25, 0.3) is 21.5 Å². The molecule has 0 aromatic heterocycles. The molecule has 2 unspecified atom stereocenters. The highest BCUT2D eigenvalue weighted by Gasteiger charge is 2.33. The third-order valence-corrected chi connectivity index (χ3v) is 6.56. The molecule has 2 atom stereocenters. The Labute approximate surface area is 217 Å². The molecule has 0 saturated heterocycles. The molecule has 0 saturated carbocycles. The predicted molar refractivity (Wildman–Crippen MR) is 147 cm³/mol. The standard InChI is InChI=1S/C31H34N2O4/c1-30(2,36)28(24-15-13-20-9-5-7-11-22(20)17-24)32-26(34)19-27(35)33-29(31(3,4)37)25-16-14-21-10-6-8-12-23(21)18-25/h5-18,28-29,36-37H,19H2,1-4H3,(H,32,34)(H,33,35). The fourth-order valence-corrected chi connectivity index (χ4v) is 4.68. The van der Waals surface area contributed by atoms with Crippen molar-refractivity contribution in [1.29, 1.82) is 0 Å². The van der Waals surface area contributed by atoms with Gasteiger partial charge in [-0.05, 0) is 72.5 Å². The van der Waals surface area contributed by atoms with Crippen LogP contribution in [0.3, 0.4) is 0 Å². The van der Waals surface area contributed by atoms with Crippen LogP contribution in [0.4, 0.5) is 0 Å². The number of hydrogen-bond donors (Lipinski definition) is 4. The van der Waals surface area contributed by atoms with Gasteiger partial charge in [0.1, 0.15) is 6.42 Å². The van der Waals surface area contributed by atoms with Crippen molar-refractivity contribution >= 4 is 33.4 Å². The van der Waals surface area contributed by atoms with Gasteiger partial charge in [0.25, 0.3) is 0 Å². The zero-order valence-electron chi connectivity index (χ0n) is 21.7. The van der Waals surface area contributed by atoms with Crippen LogP contribution < -0.4 is 10.6 Å². The lowest BCUT2D eigenvalue weighted by atomic mass is 9.90. The Morgan fingerprint density at radius 3 is 1.32 bits per heavy atom. The lowest BCUT2D eigenvalue weighted by molar-refractivity contribution is -0.132. The van der Waals surface area contributed by atoms with Gasteiger partial charge in [-0.2, -0.15) is 0 Å². The van der Waals surface area contributed by atoms with E-state index in [4.69, 9.17) is 0 Å². The van der Waals surface area contributed by atoms with Crippen molar-refractivity contribution in [3.8, 4) is 0 Å². The zero-order chi connectivity index (χ0) is 26.8. The molecule has 0 aliphatic heterocycles. The van der Waals surface area contributed by atoms with Gasteiger partial charge in [-0.1, -0.05) is 72.8 Å². The first-order valence-corrected chi connectivity index (χ1v) is 12.4. The minimum absolute atomic E-state index is 0.444. The van der Waals surface area contributed by atoms with E-state index in [1.54, 1.807) is 27.7 Å². The first kappa shape index (κ1) is 26.3. The van der Waals surface area contributed by atoms with E-state index in [1.165, 1.54) is 0 Å². The number of rotatable bonds is 8. The molecule has 0 spiro atoms. The smallest absolute Gasteiger partial charge is 0.230 e. The molecular formula is C31H34N2O4. The fraction of sp³-hybridized carbons (Fsp3) is 0.290. The number of aliphatic hydroxyl groups is 2. The maximum Gasteiger partial charge on any atom is 0.230 e. The van der Waals surface area contributed by atoms with Crippen LogP contribution in [0.2, 0.25) is 0 Å². The summed E-state index contributed by atoms with van der Waals surface area (Å²) in [6.07, 6.45) is -0.444. The SMILES string of the molecule is CC(C)(O)C(NC(=O)CC(=O)NC(c1ccc2ccccc2c1)C(C)(C)O)c1ccc2ccccc2c1. The molecule has 0 heterocycles. The predicted octanol–water partition coefficient (Wildman–Crippen LogP) is 4.94. The van der Waals surface area contributed by atoms with Gasteiger partial charge in [0.05, 0.1) is 23.3 Å². The third kappa shape index (κ3) is 6.34. The Balaban J connectivity index is 1.50. The van der Waals surface area contributed by atoms with Gasteiger partial charge < -0.3 is 20.8 Å². The van der Waals surface area contributed by atoms with Crippen LogP contribution in [-0.2, 0) is 9.59 Å². The molecule has 0 radical (unpaired) electrons. The molecule has 6 heteroatoms. The maximum atomic E-state index is 12.9. The van der Waals surface area contributed by atoms with Crippen molar-refractivity contribution < 1.29 is 19.8 Å². The zero-order valence-corrected chi connectivity index (χ0v) is 21.7. The van der Waals surface area contributed by atoms with Crippen LogP contribution in [0.15, 0.2) is 84.9 Å². The highest BCUT2D eigenvalue weighted by Crippen LogP contribution is 2.30. The van der Waals surface area contributed by atoms with Gasteiger partial charge >= 0.3 is 0 Å². The highest BCUT2D eigenvalue weighted by molar-refractivity contribution is 5.97. The van der Waals surface area contributed by atoms with E-state index in [0.717, 1.165) is 32.7 Å². The Kier molecular flexibility index (Phi) is 7.35. The minimum atomic E-state index is -1.27. The number of hydrogen-bond acceptors (Lipinski definition) is 4. The average molecular weight is 499 g/mol. The summed E-state index contributed by atoms with van der Waals surface area (Å²) < 4.78 is 0. The summed E-state index contributed by atoms with van der Waals surface area (Å²) >= 11 is 0. The molecular weight excluding hydrogens is 464 g/mol. The first-order valence-electron chi connectivity index (χ1n) is 12.4. The molecule has 2 amide bonds. The van der Waals surface area contributed by atoms with Crippen molar-refractivity contribution in [3.05, 3.63) is 96.1 Å². The second kappa shape index (κ2) is 10.3. The van der Waals surface area contributed by atoms with E-state index >= 15 is 0 Å². The molecule has 37 heavy (non-hydrogen) atoms. The summed E-state index contributed by atoms with van der Waals surface area (Å²) in [7, 11) is 0. The maximum absolute atomic E-state index is 12.9. The van der Waals surface area contributed by atoms with Crippen molar-refractivity contribution in [1.82, 2.24) is 10.6 Å². The summed E-state index contributed by atoms with van der Waals surface area (Å²) in [6.45, 7) is 6.49. The quantitative estimate of drug-likeness (QED) is 0.259. The van der Waals surface area contributed by atoms with Crippen molar-refractivity contribution in [2.45, 2.75) is 57.4 Å². The summed E-state index contributed by atoms with van der Waals surface area (Å²) in [5.74, 6) is -1.04. The molecule has 4 N–H and O–H groups in total. The number of amides is 2. The second-order valence-electron chi connectivity index (χ2n) is 10.7. The Bertz CT molecular complexity index is 1320. The monoisotopic (exact) mass is 498 g/mol. The van der Waals surface area contributed by atoms with E-state index in [1.807, 2.05) is 84.9 Å². The molecule has 0 fully saturated rings. The van der Waals surface area contributed by atoms with Gasteiger partial charge in [-0.15, -0.1) is 0 Å². The van der Waals surface area contributed by atoms with Gasteiger partial charge in [-0.3, -0.25) is 9.59 Å². The van der Waals surface area contributed by atoms with E-state index in [-0.39, 0.29) is 0 Å². The number of benzene rings is 4. The van der Waals surface area contributed by atoms with Crippen LogP contribution in [0.5, 0.6) is 0 Å². The van der Waals surface area contributed by atoms with Gasteiger partial charge in [-0.25, -0.2) is 0 Å². The van der Waals surface area contributed by atoms with E-state index in [0.29, 0.717) is 0 Å². The fourth-order valence-electron chi connectivity index (χ4n) is 4.68. The van der Waals surface area contributed by atoms with Crippen LogP contribution in [0, 0.1) is 0 Å². The van der Waals surface area contributed by atoms with Gasteiger partial charge in [0, 0.05) is 0 Å². The molecule has 4 aromatic rings. The largest absolute Gasteiger partial charge is 0.388 e. The Hall–Kier alpha value is -3.74. The van der Waals surface area contributed by atoms with E-state index in [9.17, 15) is 19.8 Å². The third-order valence-electron chi connectivity index (χ3n) is 6.56. The number of carbonyl (C=O) groups excluding carboxylic acids is 2. The Morgan fingerprint density at radius 2 is 0.973 bits per heavy atom. The van der Waals surface area contributed by atoms with Gasteiger partial charge in [0.15, 0.2) is 0 Å². The Morgan fingerprint density at radius 1 is 0.622 bits per heavy atom. The van der Waals surface area contributed by atoms with Crippen LogP contribution in [0.1, 0.15) is 57.3 Å². The van der Waals surface area contributed by atoms with Crippen molar-refractivity contribution in [3.63, 3.8) is 0 Å². The van der Waals surface area contributed by atoms with Crippen LogP contribution >= 0.6 is 0 Å². The average Bonchev–Trinajstić information content (AvgIpc) is 2.84. The van der Waals surface area contributed by atoms with Crippen molar-refractivity contribution in [2.24, 2.45) is 0 Å². The first-order chi connectivity index (χ1) is 17.4. The molecule has 0 bridgehead atoms. The lowest BCUT2D eigenvalue weighted by Gasteiger charge is -2.32. The lowest BCUT2D eigenvalue weighted by Crippen LogP contribution is -2.46. The summed E-state index contributed by atoms with van der Waals surface area (Å²) in [5, 5.41) is 31.4. The highest BCUT2D eigenvalue weighted by atomic mass is 16.3. The molecule has 4 aromatic carbocycles. The summed E-state index contributed by atoms with van der Waals surface area (Å²) in [6, 6.07) is 25.8. The minimum Gasteiger partial charge on any atom is -0.388 e.